The molecule has 0 saturated carbocycles. The van der Waals surface area contributed by atoms with Crippen molar-refractivity contribution in [1.82, 2.24) is 4.98 Å². The Kier molecular flexibility index (Phi) is 2.34. The topological polar surface area (TPSA) is 32.9 Å². The molecule has 0 unspecified atom stereocenters. The summed E-state index contributed by atoms with van der Waals surface area (Å²) in [6, 6.07) is 11.8. The molecule has 17 heavy (non-hydrogen) atoms. The molecule has 2 aromatic heterocycles. The van der Waals surface area contributed by atoms with Crippen molar-refractivity contribution in [3.05, 3.63) is 57.7 Å². The molecule has 0 amide bonds. The summed E-state index contributed by atoms with van der Waals surface area (Å²) in [6.07, 6.45) is 1.80. The van der Waals surface area contributed by atoms with Crippen LogP contribution in [0.3, 0.4) is 0 Å². The zero-order valence-corrected chi connectivity index (χ0v) is 10.2. The fraction of sp³-hybridized carbons (Fsp3) is 0.0714. The van der Waals surface area contributed by atoms with Gasteiger partial charge in [-0.15, -0.1) is 11.3 Å². The average Bonchev–Trinajstić information content (AvgIpc) is 2.72. The van der Waals surface area contributed by atoms with E-state index in [2.05, 4.69) is 4.98 Å². The number of H-pyrrole nitrogens is 1. The molecule has 0 spiro atoms. The van der Waals surface area contributed by atoms with Crippen LogP contribution in [0.2, 0.25) is 0 Å². The minimum absolute atomic E-state index is 0.114. The van der Waals surface area contributed by atoms with Crippen LogP contribution in [0.4, 0.5) is 0 Å². The van der Waals surface area contributed by atoms with Gasteiger partial charge in [-0.25, -0.2) is 0 Å². The summed E-state index contributed by atoms with van der Waals surface area (Å²) >= 11 is 1.54. The van der Waals surface area contributed by atoms with E-state index < -0.39 is 0 Å². The average molecular weight is 241 g/mol. The fourth-order valence-electron chi connectivity index (χ4n) is 1.96. The molecule has 0 aliphatic heterocycles. The van der Waals surface area contributed by atoms with Crippen LogP contribution < -0.4 is 5.43 Å². The third-order valence-corrected chi connectivity index (χ3v) is 3.81. The molecule has 0 aliphatic rings. The van der Waals surface area contributed by atoms with Crippen molar-refractivity contribution in [2.75, 3.05) is 0 Å². The number of aryl methyl sites for hydroxylation is 1. The zero-order valence-electron chi connectivity index (χ0n) is 9.36. The normalized spacial score (nSPS) is 10.9. The standard InChI is InChI=1S/C14H11NOS/c1-9-7-12-14(17-9)13(16)11(8-15-12)10-5-3-2-4-6-10/h2-8H,1H3,(H,15,16). The predicted molar refractivity (Wildman–Crippen MR) is 72.6 cm³/mol. The number of thiophene rings is 1. The SMILES string of the molecule is Cc1cc2[nH]cc(-c3ccccc3)c(=O)c2s1. The van der Waals surface area contributed by atoms with Gasteiger partial charge in [0.2, 0.25) is 5.43 Å². The van der Waals surface area contributed by atoms with Gasteiger partial charge in [-0.05, 0) is 18.6 Å². The maximum atomic E-state index is 12.3. The van der Waals surface area contributed by atoms with Gasteiger partial charge in [-0.3, -0.25) is 4.79 Å². The van der Waals surface area contributed by atoms with Crippen LogP contribution in [-0.4, -0.2) is 4.98 Å². The molecule has 1 aromatic carbocycles. The molecule has 0 saturated heterocycles. The molecule has 0 aliphatic carbocycles. The molecular formula is C14H11NOS. The van der Waals surface area contributed by atoms with E-state index in [-0.39, 0.29) is 5.43 Å². The smallest absolute Gasteiger partial charge is 0.207 e. The van der Waals surface area contributed by atoms with E-state index in [1.165, 1.54) is 0 Å². The summed E-state index contributed by atoms with van der Waals surface area (Å²) in [6.45, 7) is 2.01. The number of rotatable bonds is 1. The maximum absolute atomic E-state index is 12.3. The molecular weight excluding hydrogens is 230 g/mol. The van der Waals surface area contributed by atoms with E-state index in [0.717, 1.165) is 26.2 Å². The first-order valence-corrected chi connectivity index (χ1v) is 6.24. The Labute approximate surface area is 103 Å². The second-order valence-corrected chi connectivity index (χ2v) is 5.25. The molecule has 2 heterocycles. The lowest BCUT2D eigenvalue weighted by Crippen LogP contribution is -2.03. The lowest BCUT2D eigenvalue weighted by Gasteiger charge is -2.00. The van der Waals surface area contributed by atoms with Crippen LogP contribution in [-0.2, 0) is 0 Å². The summed E-state index contributed by atoms with van der Waals surface area (Å²) in [5, 5.41) is 0. The lowest BCUT2D eigenvalue weighted by atomic mass is 10.1. The summed E-state index contributed by atoms with van der Waals surface area (Å²) in [5.74, 6) is 0. The number of hydrogen-bond donors (Lipinski definition) is 1. The number of nitrogens with one attached hydrogen (secondary N) is 1. The Hall–Kier alpha value is -1.87. The van der Waals surface area contributed by atoms with Gasteiger partial charge in [0.15, 0.2) is 0 Å². The number of fused-ring (bicyclic) bond motifs is 1. The van der Waals surface area contributed by atoms with Gasteiger partial charge in [0, 0.05) is 16.6 Å². The Balaban J connectivity index is 2.32. The summed E-state index contributed by atoms with van der Waals surface area (Å²) < 4.78 is 0.809. The van der Waals surface area contributed by atoms with Crippen molar-refractivity contribution in [1.29, 1.82) is 0 Å². The first-order valence-electron chi connectivity index (χ1n) is 5.43. The number of hydrogen-bond acceptors (Lipinski definition) is 2. The second-order valence-electron chi connectivity index (χ2n) is 4.00. The number of aromatic nitrogens is 1. The highest BCUT2D eigenvalue weighted by atomic mass is 32.1. The molecule has 3 heteroatoms. The van der Waals surface area contributed by atoms with Crippen LogP contribution in [0.1, 0.15) is 4.88 Å². The summed E-state index contributed by atoms with van der Waals surface area (Å²) in [4.78, 5) is 16.7. The van der Waals surface area contributed by atoms with Crippen molar-refractivity contribution in [3.63, 3.8) is 0 Å². The molecule has 0 bridgehead atoms. The lowest BCUT2D eigenvalue weighted by molar-refractivity contribution is 1.40. The van der Waals surface area contributed by atoms with Gasteiger partial charge in [-0.1, -0.05) is 30.3 Å². The van der Waals surface area contributed by atoms with Crippen LogP contribution in [0.25, 0.3) is 21.3 Å². The van der Waals surface area contributed by atoms with Crippen LogP contribution >= 0.6 is 11.3 Å². The number of benzene rings is 1. The largest absolute Gasteiger partial charge is 0.360 e. The van der Waals surface area contributed by atoms with Crippen LogP contribution in [0.15, 0.2) is 47.4 Å². The van der Waals surface area contributed by atoms with Crippen molar-refractivity contribution in [3.8, 4) is 11.1 Å². The summed E-state index contributed by atoms with van der Waals surface area (Å²) in [5.41, 5.74) is 2.74. The highest BCUT2D eigenvalue weighted by Crippen LogP contribution is 2.23. The van der Waals surface area contributed by atoms with Gasteiger partial charge >= 0.3 is 0 Å². The maximum Gasteiger partial charge on any atom is 0.207 e. The van der Waals surface area contributed by atoms with Gasteiger partial charge < -0.3 is 4.98 Å². The quantitative estimate of drug-likeness (QED) is 0.694. The third-order valence-electron chi connectivity index (χ3n) is 2.76. The predicted octanol–water partition coefficient (Wildman–Crippen LogP) is 3.57. The van der Waals surface area contributed by atoms with E-state index in [4.69, 9.17) is 0 Å². The minimum Gasteiger partial charge on any atom is -0.360 e. The Bertz CT molecular complexity index is 725. The Morgan fingerprint density at radius 2 is 1.94 bits per heavy atom. The van der Waals surface area contributed by atoms with Crippen molar-refractivity contribution in [2.45, 2.75) is 6.92 Å². The molecule has 0 atom stereocenters. The van der Waals surface area contributed by atoms with E-state index in [0.29, 0.717) is 0 Å². The molecule has 0 radical (unpaired) electrons. The number of pyridine rings is 1. The molecule has 3 aromatic rings. The summed E-state index contributed by atoms with van der Waals surface area (Å²) in [7, 11) is 0. The first-order chi connectivity index (χ1) is 8.25. The van der Waals surface area contributed by atoms with Crippen LogP contribution in [0.5, 0.6) is 0 Å². The molecule has 0 fully saturated rings. The highest BCUT2D eigenvalue weighted by molar-refractivity contribution is 7.18. The zero-order chi connectivity index (χ0) is 11.8. The number of aromatic amines is 1. The third kappa shape index (κ3) is 1.68. The van der Waals surface area contributed by atoms with E-state index in [1.807, 2.05) is 43.3 Å². The van der Waals surface area contributed by atoms with Crippen molar-refractivity contribution >= 4 is 21.6 Å². The van der Waals surface area contributed by atoms with Gasteiger partial charge in [0.05, 0.1) is 10.2 Å². The fourth-order valence-corrected chi connectivity index (χ4v) is 2.89. The van der Waals surface area contributed by atoms with Crippen LogP contribution in [0, 0.1) is 6.92 Å². The first kappa shape index (κ1) is 10.3. The molecule has 2 nitrogen and oxygen atoms in total. The second kappa shape index (κ2) is 3.86. The molecule has 3 rings (SSSR count). The van der Waals surface area contributed by atoms with E-state index >= 15 is 0 Å². The van der Waals surface area contributed by atoms with E-state index in [1.54, 1.807) is 17.5 Å². The molecule has 1 N–H and O–H groups in total. The molecule has 84 valence electrons. The Morgan fingerprint density at radius 1 is 1.18 bits per heavy atom. The van der Waals surface area contributed by atoms with Gasteiger partial charge in [0.1, 0.15) is 0 Å². The highest BCUT2D eigenvalue weighted by Gasteiger charge is 2.08. The monoisotopic (exact) mass is 241 g/mol. The Morgan fingerprint density at radius 3 is 2.71 bits per heavy atom. The van der Waals surface area contributed by atoms with E-state index in [9.17, 15) is 4.79 Å². The van der Waals surface area contributed by atoms with Crippen molar-refractivity contribution in [2.24, 2.45) is 0 Å². The van der Waals surface area contributed by atoms with Gasteiger partial charge in [-0.2, -0.15) is 0 Å². The van der Waals surface area contributed by atoms with Gasteiger partial charge in [0.25, 0.3) is 0 Å². The van der Waals surface area contributed by atoms with Crippen molar-refractivity contribution < 1.29 is 0 Å². The minimum atomic E-state index is 0.114.